The fourth-order valence-corrected chi connectivity index (χ4v) is 4.37. The lowest BCUT2D eigenvalue weighted by Gasteiger charge is -2.30. The standard InChI is InChI=1S/C21H25F2NO5S/c22-21(23)29-19-8-5-7-18-20(19)15-10-9-14(13-30(24,26)27)12-16(15)17(28-18)6-3-1-2-4-11-25/h5,7-10,12,17,21,25H,1-4,6,11,13H2,(H2,24,26,27). The van der Waals surface area contributed by atoms with Crippen molar-refractivity contribution >= 4 is 10.0 Å². The maximum absolute atomic E-state index is 12.9. The van der Waals surface area contributed by atoms with Crippen LogP contribution in [0.5, 0.6) is 11.5 Å². The Morgan fingerprint density at radius 3 is 2.60 bits per heavy atom. The zero-order valence-corrected chi connectivity index (χ0v) is 17.2. The Balaban J connectivity index is 1.97. The normalized spacial score (nSPS) is 15.4. The van der Waals surface area contributed by atoms with E-state index in [2.05, 4.69) is 4.74 Å². The molecule has 3 N–H and O–H groups in total. The largest absolute Gasteiger partial charge is 0.485 e. The lowest BCUT2D eigenvalue weighted by molar-refractivity contribution is -0.0496. The third-order valence-corrected chi connectivity index (χ3v) is 5.68. The Hall–Kier alpha value is -2.23. The number of sulfonamides is 1. The minimum atomic E-state index is -3.72. The maximum Gasteiger partial charge on any atom is 0.387 e. The van der Waals surface area contributed by atoms with E-state index >= 15 is 0 Å². The molecule has 0 aliphatic carbocycles. The molecule has 0 saturated carbocycles. The van der Waals surface area contributed by atoms with Crippen LogP contribution in [0.4, 0.5) is 8.78 Å². The number of hydrogen-bond acceptors (Lipinski definition) is 5. The number of hydrogen-bond donors (Lipinski definition) is 2. The number of benzene rings is 2. The highest BCUT2D eigenvalue weighted by atomic mass is 32.2. The Morgan fingerprint density at radius 1 is 1.13 bits per heavy atom. The number of aliphatic hydroxyl groups is 1. The van der Waals surface area contributed by atoms with Crippen LogP contribution in [-0.2, 0) is 15.8 Å². The Bertz CT molecular complexity index is 981. The molecule has 1 aliphatic rings. The molecule has 0 bridgehead atoms. The fourth-order valence-electron chi connectivity index (χ4n) is 3.72. The van der Waals surface area contributed by atoms with Crippen molar-refractivity contribution in [1.29, 1.82) is 0 Å². The van der Waals surface area contributed by atoms with Gasteiger partial charge in [-0.2, -0.15) is 8.78 Å². The van der Waals surface area contributed by atoms with E-state index in [9.17, 15) is 17.2 Å². The summed E-state index contributed by atoms with van der Waals surface area (Å²) in [6.07, 6.45) is 3.68. The summed E-state index contributed by atoms with van der Waals surface area (Å²) >= 11 is 0. The predicted octanol–water partition coefficient (Wildman–Crippen LogP) is 4.12. The van der Waals surface area contributed by atoms with Crippen molar-refractivity contribution in [2.24, 2.45) is 5.14 Å². The monoisotopic (exact) mass is 441 g/mol. The molecule has 1 unspecified atom stereocenters. The first-order valence-electron chi connectivity index (χ1n) is 9.77. The molecule has 0 fully saturated rings. The van der Waals surface area contributed by atoms with Crippen LogP contribution in [0.1, 0.15) is 49.3 Å². The van der Waals surface area contributed by atoms with E-state index in [1.54, 1.807) is 30.3 Å². The summed E-state index contributed by atoms with van der Waals surface area (Å²) in [6.45, 7) is -2.83. The van der Waals surface area contributed by atoms with Crippen LogP contribution < -0.4 is 14.6 Å². The number of unbranched alkanes of at least 4 members (excludes halogenated alkanes) is 3. The highest BCUT2D eigenvalue weighted by molar-refractivity contribution is 7.88. The molecule has 30 heavy (non-hydrogen) atoms. The van der Waals surface area contributed by atoms with E-state index in [0.717, 1.165) is 31.2 Å². The predicted molar refractivity (Wildman–Crippen MR) is 109 cm³/mol. The summed E-state index contributed by atoms with van der Waals surface area (Å²) in [5.41, 5.74) is 2.31. The summed E-state index contributed by atoms with van der Waals surface area (Å²) in [6, 6.07) is 9.78. The molecule has 9 heteroatoms. The molecule has 3 rings (SSSR count). The van der Waals surface area contributed by atoms with Crippen LogP contribution in [0.15, 0.2) is 36.4 Å². The highest BCUT2D eigenvalue weighted by Gasteiger charge is 2.29. The molecule has 0 aromatic heterocycles. The molecule has 164 valence electrons. The molecule has 2 aromatic rings. The molecule has 1 heterocycles. The van der Waals surface area contributed by atoms with Gasteiger partial charge in [0, 0.05) is 12.2 Å². The van der Waals surface area contributed by atoms with Gasteiger partial charge in [0.25, 0.3) is 0 Å². The number of aliphatic hydroxyl groups excluding tert-OH is 1. The molecule has 6 nitrogen and oxygen atoms in total. The van der Waals surface area contributed by atoms with Gasteiger partial charge in [-0.25, -0.2) is 13.6 Å². The van der Waals surface area contributed by atoms with Crippen molar-refractivity contribution in [3.8, 4) is 22.6 Å². The topological polar surface area (TPSA) is 98.9 Å². The molecule has 1 atom stereocenters. The van der Waals surface area contributed by atoms with Crippen molar-refractivity contribution in [1.82, 2.24) is 0 Å². The Morgan fingerprint density at radius 2 is 1.90 bits per heavy atom. The van der Waals surface area contributed by atoms with Crippen molar-refractivity contribution in [3.63, 3.8) is 0 Å². The fraction of sp³-hybridized carbons (Fsp3) is 0.429. The maximum atomic E-state index is 12.9. The minimum Gasteiger partial charge on any atom is -0.485 e. The van der Waals surface area contributed by atoms with Crippen molar-refractivity contribution < 1.29 is 31.8 Å². The number of nitrogens with two attached hydrogens (primary N) is 1. The van der Waals surface area contributed by atoms with E-state index in [-0.39, 0.29) is 24.2 Å². The van der Waals surface area contributed by atoms with E-state index in [1.165, 1.54) is 6.07 Å². The first-order chi connectivity index (χ1) is 14.3. The first kappa shape index (κ1) is 22.5. The second-order valence-corrected chi connectivity index (χ2v) is 8.88. The number of halogens is 2. The first-order valence-corrected chi connectivity index (χ1v) is 11.5. The van der Waals surface area contributed by atoms with Gasteiger partial charge in [-0.1, -0.05) is 37.1 Å². The van der Waals surface area contributed by atoms with Crippen LogP contribution in [0.2, 0.25) is 0 Å². The lowest BCUT2D eigenvalue weighted by atomic mass is 9.89. The van der Waals surface area contributed by atoms with E-state index < -0.39 is 16.6 Å². The molecule has 0 spiro atoms. The number of alkyl halides is 2. The average molecular weight is 441 g/mol. The van der Waals surface area contributed by atoms with Gasteiger partial charge in [-0.05, 0) is 42.5 Å². The van der Waals surface area contributed by atoms with Crippen LogP contribution in [-0.4, -0.2) is 26.7 Å². The third-order valence-electron chi connectivity index (χ3n) is 4.95. The Kier molecular flexibility index (Phi) is 7.27. The van der Waals surface area contributed by atoms with Gasteiger partial charge in [-0.15, -0.1) is 0 Å². The second kappa shape index (κ2) is 9.72. The average Bonchev–Trinajstić information content (AvgIpc) is 2.66. The van der Waals surface area contributed by atoms with Gasteiger partial charge < -0.3 is 14.6 Å². The van der Waals surface area contributed by atoms with Gasteiger partial charge >= 0.3 is 6.61 Å². The molecule has 2 aromatic carbocycles. The van der Waals surface area contributed by atoms with E-state index in [4.69, 9.17) is 15.0 Å². The van der Waals surface area contributed by atoms with Crippen LogP contribution in [0, 0.1) is 0 Å². The number of primary sulfonamides is 1. The lowest BCUT2D eigenvalue weighted by Crippen LogP contribution is -2.18. The molecular formula is C21H25F2NO5S. The molecule has 0 radical (unpaired) electrons. The third kappa shape index (κ3) is 5.68. The van der Waals surface area contributed by atoms with Gasteiger partial charge in [0.15, 0.2) is 0 Å². The molecular weight excluding hydrogens is 416 g/mol. The summed E-state index contributed by atoms with van der Waals surface area (Å²) in [5.74, 6) is 0.121. The molecule has 1 aliphatic heterocycles. The van der Waals surface area contributed by atoms with Gasteiger partial charge in [0.1, 0.15) is 17.6 Å². The van der Waals surface area contributed by atoms with Crippen molar-refractivity contribution in [2.75, 3.05) is 6.61 Å². The smallest absolute Gasteiger partial charge is 0.387 e. The summed E-state index contributed by atoms with van der Waals surface area (Å²) in [4.78, 5) is 0. The summed E-state index contributed by atoms with van der Waals surface area (Å²) < 4.78 is 59.6. The Labute approximate surface area is 174 Å². The zero-order valence-electron chi connectivity index (χ0n) is 16.4. The summed E-state index contributed by atoms with van der Waals surface area (Å²) in [5, 5.41) is 14.1. The SMILES string of the molecule is NS(=O)(=O)Cc1ccc2c(c1)C(CCCCCCO)Oc1cccc(OC(F)F)c1-2. The number of rotatable bonds is 10. The quantitative estimate of drug-likeness (QED) is 0.541. The highest BCUT2D eigenvalue weighted by Crippen LogP contribution is 2.49. The van der Waals surface area contributed by atoms with E-state index in [1.807, 2.05) is 0 Å². The zero-order chi connectivity index (χ0) is 21.7. The van der Waals surface area contributed by atoms with Gasteiger partial charge in [0.2, 0.25) is 10.0 Å². The van der Waals surface area contributed by atoms with Crippen molar-refractivity contribution in [3.05, 3.63) is 47.5 Å². The van der Waals surface area contributed by atoms with Crippen LogP contribution >= 0.6 is 0 Å². The van der Waals surface area contributed by atoms with Crippen LogP contribution in [0.3, 0.4) is 0 Å². The van der Waals surface area contributed by atoms with Gasteiger partial charge in [-0.3, -0.25) is 0 Å². The number of ether oxygens (including phenoxy) is 2. The molecule has 0 saturated heterocycles. The van der Waals surface area contributed by atoms with Crippen LogP contribution in [0.25, 0.3) is 11.1 Å². The molecule has 0 amide bonds. The minimum absolute atomic E-state index is 0.00402. The number of fused-ring (bicyclic) bond motifs is 3. The van der Waals surface area contributed by atoms with E-state index in [0.29, 0.717) is 28.9 Å². The second-order valence-electron chi connectivity index (χ2n) is 7.27. The summed E-state index contributed by atoms with van der Waals surface area (Å²) in [7, 11) is -3.72. The van der Waals surface area contributed by atoms with Crippen molar-refractivity contribution in [2.45, 2.75) is 50.6 Å². The van der Waals surface area contributed by atoms with Gasteiger partial charge in [0.05, 0.1) is 11.3 Å².